The van der Waals surface area contributed by atoms with Gasteiger partial charge in [-0.05, 0) is 31.5 Å². The first-order chi connectivity index (χ1) is 11.2. The van der Waals surface area contributed by atoms with Crippen LogP contribution in [0.2, 0.25) is 0 Å². The monoisotopic (exact) mass is 308 g/mol. The minimum absolute atomic E-state index is 0.121. The van der Waals surface area contributed by atoms with E-state index in [0.717, 1.165) is 12.0 Å². The van der Waals surface area contributed by atoms with Gasteiger partial charge in [0.2, 0.25) is 0 Å². The van der Waals surface area contributed by atoms with Crippen LogP contribution in [0.5, 0.6) is 0 Å². The van der Waals surface area contributed by atoms with Crippen molar-refractivity contribution in [1.29, 1.82) is 5.26 Å². The van der Waals surface area contributed by atoms with Crippen molar-refractivity contribution in [3.63, 3.8) is 0 Å². The second kappa shape index (κ2) is 6.55. The van der Waals surface area contributed by atoms with E-state index in [1.165, 1.54) is 0 Å². The van der Waals surface area contributed by atoms with E-state index >= 15 is 0 Å². The molecule has 6 nitrogen and oxygen atoms in total. The van der Waals surface area contributed by atoms with Gasteiger partial charge < -0.3 is 10.1 Å². The molecule has 1 fully saturated rings. The van der Waals surface area contributed by atoms with Gasteiger partial charge in [0, 0.05) is 24.6 Å². The molecule has 0 bridgehead atoms. The lowest BCUT2D eigenvalue weighted by molar-refractivity contribution is 0.0817. The lowest BCUT2D eigenvalue weighted by Crippen LogP contribution is -2.37. The van der Waals surface area contributed by atoms with Crippen molar-refractivity contribution in [2.45, 2.75) is 25.5 Å². The van der Waals surface area contributed by atoms with E-state index in [4.69, 9.17) is 10.00 Å². The third kappa shape index (κ3) is 3.20. The number of carbonyl (C=O) groups is 1. The maximum Gasteiger partial charge on any atom is 0.270 e. The van der Waals surface area contributed by atoms with Gasteiger partial charge in [-0.1, -0.05) is 6.07 Å². The summed E-state index contributed by atoms with van der Waals surface area (Å²) in [7, 11) is 0. The van der Waals surface area contributed by atoms with E-state index in [2.05, 4.69) is 15.3 Å². The first-order valence-electron chi connectivity index (χ1n) is 7.39. The van der Waals surface area contributed by atoms with Crippen molar-refractivity contribution < 1.29 is 9.53 Å². The van der Waals surface area contributed by atoms with Crippen molar-refractivity contribution >= 4 is 5.91 Å². The highest BCUT2D eigenvalue weighted by atomic mass is 16.5. The number of nitrogens with one attached hydrogen (secondary N) is 1. The quantitative estimate of drug-likeness (QED) is 0.936. The molecule has 2 aromatic heterocycles. The van der Waals surface area contributed by atoms with Gasteiger partial charge in [0.1, 0.15) is 17.9 Å². The van der Waals surface area contributed by atoms with Crippen LogP contribution in [0.1, 0.15) is 39.8 Å². The van der Waals surface area contributed by atoms with Gasteiger partial charge in [-0.15, -0.1) is 0 Å². The Balaban J connectivity index is 1.75. The Labute approximate surface area is 134 Å². The predicted molar refractivity (Wildman–Crippen MR) is 82.5 cm³/mol. The van der Waals surface area contributed by atoms with Crippen LogP contribution in [0, 0.1) is 18.3 Å². The van der Waals surface area contributed by atoms with Crippen LogP contribution in [-0.2, 0) is 4.74 Å². The zero-order chi connectivity index (χ0) is 16.2. The smallest absolute Gasteiger partial charge is 0.270 e. The molecule has 1 aliphatic rings. The topological polar surface area (TPSA) is 87.9 Å². The summed E-state index contributed by atoms with van der Waals surface area (Å²) in [6.07, 6.45) is 3.99. The molecule has 0 aromatic carbocycles. The van der Waals surface area contributed by atoms with Crippen LogP contribution in [0.3, 0.4) is 0 Å². The largest absolute Gasteiger partial charge is 0.371 e. The minimum Gasteiger partial charge on any atom is -0.371 e. The number of hydrogen-bond donors (Lipinski definition) is 1. The van der Waals surface area contributed by atoms with Crippen molar-refractivity contribution in [3.8, 4) is 6.07 Å². The number of amides is 1. The zero-order valence-electron chi connectivity index (χ0n) is 12.7. The normalized spacial score (nSPS) is 20.0. The number of nitriles is 1. The highest BCUT2D eigenvalue weighted by Crippen LogP contribution is 2.28. The van der Waals surface area contributed by atoms with Gasteiger partial charge in [-0.3, -0.25) is 9.78 Å². The van der Waals surface area contributed by atoms with Gasteiger partial charge >= 0.3 is 0 Å². The van der Waals surface area contributed by atoms with E-state index in [1.807, 2.05) is 18.2 Å². The Hall–Kier alpha value is -2.78. The zero-order valence-corrected chi connectivity index (χ0v) is 12.7. The van der Waals surface area contributed by atoms with Crippen LogP contribution in [0.4, 0.5) is 0 Å². The average molecular weight is 308 g/mol. The molecule has 3 heterocycles. The second-order valence-corrected chi connectivity index (χ2v) is 5.39. The molecule has 0 radical (unpaired) electrons. The Morgan fingerprint density at radius 1 is 1.43 bits per heavy atom. The van der Waals surface area contributed by atoms with E-state index < -0.39 is 0 Å². The average Bonchev–Trinajstić information content (AvgIpc) is 3.03. The summed E-state index contributed by atoms with van der Waals surface area (Å²) in [5.74, 6) is -0.262. The van der Waals surface area contributed by atoms with Crippen molar-refractivity contribution in [2.75, 3.05) is 6.61 Å². The predicted octanol–water partition coefficient (Wildman–Crippen LogP) is 1.92. The summed E-state index contributed by atoms with van der Waals surface area (Å²) >= 11 is 0. The third-order valence-corrected chi connectivity index (χ3v) is 3.86. The Morgan fingerprint density at radius 2 is 2.30 bits per heavy atom. The Kier molecular flexibility index (Phi) is 4.31. The van der Waals surface area contributed by atoms with Crippen molar-refractivity contribution in [3.05, 3.63) is 59.2 Å². The maximum atomic E-state index is 12.4. The molecule has 23 heavy (non-hydrogen) atoms. The molecule has 0 saturated carbocycles. The van der Waals surface area contributed by atoms with Gasteiger partial charge in [0.15, 0.2) is 0 Å². The highest BCUT2D eigenvalue weighted by Gasteiger charge is 2.31. The van der Waals surface area contributed by atoms with Crippen LogP contribution in [-0.4, -0.2) is 28.5 Å². The van der Waals surface area contributed by atoms with Crippen LogP contribution >= 0.6 is 0 Å². The fraction of sp³-hybridized carbons (Fsp3) is 0.294. The van der Waals surface area contributed by atoms with Crippen molar-refractivity contribution in [2.24, 2.45) is 0 Å². The molecule has 0 aliphatic carbocycles. The molecule has 1 saturated heterocycles. The van der Waals surface area contributed by atoms with Gasteiger partial charge in [-0.2, -0.15) is 5.26 Å². The summed E-state index contributed by atoms with van der Waals surface area (Å²) in [6, 6.07) is 8.88. The molecule has 1 aliphatic heterocycles. The minimum atomic E-state index is -0.262. The molecule has 2 atom stereocenters. The number of rotatable bonds is 3. The Morgan fingerprint density at radius 3 is 3.00 bits per heavy atom. The molecule has 0 spiro atoms. The number of carbonyl (C=O) groups excluding carboxylic acids is 1. The van der Waals surface area contributed by atoms with E-state index in [-0.39, 0.29) is 18.1 Å². The number of ether oxygens (including phenoxy) is 1. The van der Waals surface area contributed by atoms with Crippen LogP contribution in [0.15, 0.2) is 36.7 Å². The lowest BCUT2D eigenvalue weighted by Gasteiger charge is -2.19. The van der Waals surface area contributed by atoms with E-state index in [0.29, 0.717) is 23.6 Å². The number of pyridine rings is 2. The number of hydrogen-bond acceptors (Lipinski definition) is 5. The summed E-state index contributed by atoms with van der Waals surface area (Å²) in [6.45, 7) is 2.30. The van der Waals surface area contributed by atoms with Gasteiger partial charge in [0.05, 0.1) is 17.3 Å². The number of aromatic nitrogens is 2. The molecule has 0 unspecified atom stereocenters. The number of aryl methyl sites for hydroxylation is 1. The number of nitrogens with zero attached hydrogens (tertiary/aromatic N) is 3. The fourth-order valence-electron chi connectivity index (χ4n) is 2.66. The van der Waals surface area contributed by atoms with Crippen LogP contribution < -0.4 is 5.32 Å². The Bertz CT molecular complexity index is 755. The molecule has 6 heteroatoms. The molecular weight excluding hydrogens is 292 g/mol. The summed E-state index contributed by atoms with van der Waals surface area (Å²) in [5.41, 5.74) is 2.27. The van der Waals surface area contributed by atoms with Gasteiger partial charge in [-0.25, -0.2) is 4.98 Å². The van der Waals surface area contributed by atoms with Crippen molar-refractivity contribution in [1.82, 2.24) is 15.3 Å². The van der Waals surface area contributed by atoms with Gasteiger partial charge in [0.25, 0.3) is 5.91 Å². The standard InChI is InChI=1S/C17H16N4O2/c1-11-12(9-18)4-5-15(20-11)17(22)21-14-6-8-23-16(14)13-3-2-7-19-10-13/h2-5,7,10,14,16H,6,8H2,1H3,(H,21,22)/t14-,16+/m0/s1. The molecule has 1 amide bonds. The second-order valence-electron chi connectivity index (χ2n) is 5.39. The SMILES string of the molecule is Cc1nc(C(=O)N[C@H]2CCO[C@@H]2c2cccnc2)ccc1C#N. The molecule has 1 N–H and O–H groups in total. The highest BCUT2D eigenvalue weighted by molar-refractivity contribution is 5.92. The summed E-state index contributed by atoms with van der Waals surface area (Å²) in [4.78, 5) is 20.7. The molecular formula is C17H16N4O2. The summed E-state index contributed by atoms with van der Waals surface area (Å²) < 4.78 is 5.73. The van der Waals surface area contributed by atoms with Crippen LogP contribution in [0.25, 0.3) is 0 Å². The fourth-order valence-corrected chi connectivity index (χ4v) is 2.66. The third-order valence-electron chi connectivity index (χ3n) is 3.86. The van der Waals surface area contributed by atoms with E-state index in [1.54, 1.807) is 31.5 Å². The first kappa shape index (κ1) is 15.1. The molecule has 3 rings (SSSR count). The molecule has 2 aromatic rings. The lowest BCUT2D eigenvalue weighted by atomic mass is 10.0. The van der Waals surface area contributed by atoms with E-state index in [9.17, 15) is 4.79 Å². The first-order valence-corrected chi connectivity index (χ1v) is 7.39. The summed E-state index contributed by atoms with van der Waals surface area (Å²) in [5, 5.41) is 11.9. The molecule has 116 valence electrons. The maximum absolute atomic E-state index is 12.4.